The van der Waals surface area contributed by atoms with Gasteiger partial charge in [-0.05, 0) is 54.9 Å². The number of methoxy groups -OCH3 is 1. The van der Waals surface area contributed by atoms with Gasteiger partial charge in [-0.15, -0.1) is 0 Å². The van der Waals surface area contributed by atoms with E-state index in [1.807, 2.05) is 0 Å². The van der Waals surface area contributed by atoms with E-state index in [1.54, 1.807) is 7.11 Å². The Morgan fingerprint density at radius 3 is 2.71 bits per heavy atom. The molecule has 1 aliphatic rings. The maximum absolute atomic E-state index is 5.36. The quantitative estimate of drug-likeness (QED) is 0.897. The number of anilines is 1. The second-order valence-electron chi connectivity index (χ2n) is 5.69. The molecule has 0 fully saturated rings. The Kier molecular flexibility index (Phi) is 4.14. The van der Waals surface area contributed by atoms with E-state index in [-0.39, 0.29) is 0 Å². The van der Waals surface area contributed by atoms with E-state index in [1.165, 1.54) is 35.2 Å². The Morgan fingerprint density at radius 2 is 1.95 bits per heavy atom. The smallest absolute Gasteiger partial charge is 0.120 e. The normalized spacial score (nSPS) is 17.1. The van der Waals surface area contributed by atoms with Crippen molar-refractivity contribution in [3.8, 4) is 5.75 Å². The first-order valence-electron chi connectivity index (χ1n) is 7.80. The van der Waals surface area contributed by atoms with Gasteiger partial charge in [0.25, 0.3) is 0 Å². The van der Waals surface area contributed by atoms with Crippen molar-refractivity contribution in [2.24, 2.45) is 0 Å². The first-order chi connectivity index (χ1) is 10.3. The highest BCUT2D eigenvalue weighted by Gasteiger charge is 2.22. The number of fused-ring (bicyclic) bond motifs is 1. The summed E-state index contributed by atoms with van der Waals surface area (Å²) in [6, 6.07) is 15.3. The van der Waals surface area contributed by atoms with Gasteiger partial charge in [-0.2, -0.15) is 0 Å². The molecule has 21 heavy (non-hydrogen) atoms. The Hall–Kier alpha value is -1.96. The first kappa shape index (κ1) is 14.0. The fourth-order valence-electron chi connectivity index (χ4n) is 3.33. The average molecular weight is 281 g/mol. The van der Waals surface area contributed by atoms with Crippen molar-refractivity contribution in [3.63, 3.8) is 0 Å². The van der Waals surface area contributed by atoms with E-state index in [4.69, 9.17) is 4.74 Å². The molecule has 1 N–H and O–H groups in total. The van der Waals surface area contributed by atoms with Gasteiger partial charge in [0, 0.05) is 18.3 Å². The lowest BCUT2D eigenvalue weighted by atomic mass is 9.79. The van der Waals surface area contributed by atoms with E-state index in [9.17, 15) is 0 Å². The zero-order valence-corrected chi connectivity index (χ0v) is 12.9. The molecular weight excluding hydrogens is 258 g/mol. The molecule has 0 spiro atoms. The van der Waals surface area contributed by atoms with Crippen LogP contribution in [0.2, 0.25) is 0 Å². The molecule has 2 nitrogen and oxygen atoms in total. The van der Waals surface area contributed by atoms with Crippen LogP contribution in [-0.4, -0.2) is 13.7 Å². The van der Waals surface area contributed by atoms with Crippen LogP contribution in [0.15, 0.2) is 42.5 Å². The van der Waals surface area contributed by atoms with Crippen molar-refractivity contribution in [3.05, 3.63) is 59.2 Å². The summed E-state index contributed by atoms with van der Waals surface area (Å²) in [4.78, 5) is 0. The Morgan fingerprint density at radius 1 is 1.14 bits per heavy atom. The number of benzene rings is 2. The molecule has 0 aromatic heterocycles. The Labute approximate surface area is 127 Å². The van der Waals surface area contributed by atoms with Gasteiger partial charge in [0.1, 0.15) is 5.75 Å². The molecule has 1 atom stereocenters. The lowest BCUT2D eigenvalue weighted by Crippen LogP contribution is -2.14. The molecule has 2 heteroatoms. The van der Waals surface area contributed by atoms with Gasteiger partial charge in [-0.1, -0.05) is 30.3 Å². The van der Waals surface area contributed by atoms with Gasteiger partial charge in [0.05, 0.1) is 7.11 Å². The van der Waals surface area contributed by atoms with Crippen molar-refractivity contribution >= 4 is 5.69 Å². The zero-order valence-electron chi connectivity index (χ0n) is 12.9. The summed E-state index contributed by atoms with van der Waals surface area (Å²) in [5.41, 5.74) is 5.67. The number of hydrogen-bond acceptors (Lipinski definition) is 2. The standard InChI is InChI=1S/C19H23NO/c1-3-20-19-13-17(21-2)10-11-18(19)16-9-8-14-6-4-5-7-15(14)12-16/h4-7,10-11,13,16,20H,3,8-9,12H2,1-2H3. The van der Waals surface area contributed by atoms with E-state index in [0.717, 1.165) is 18.7 Å². The number of hydrogen-bond donors (Lipinski definition) is 1. The lowest BCUT2D eigenvalue weighted by Gasteiger charge is -2.27. The molecular formula is C19H23NO. The van der Waals surface area contributed by atoms with E-state index < -0.39 is 0 Å². The van der Waals surface area contributed by atoms with Crippen LogP contribution in [0.5, 0.6) is 5.75 Å². The fourth-order valence-corrected chi connectivity index (χ4v) is 3.33. The third-order valence-corrected chi connectivity index (χ3v) is 4.41. The molecule has 0 heterocycles. The van der Waals surface area contributed by atoms with Gasteiger partial charge in [0.15, 0.2) is 0 Å². The van der Waals surface area contributed by atoms with Crippen LogP contribution < -0.4 is 10.1 Å². The summed E-state index contributed by atoms with van der Waals surface area (Å²) in [5.74, 6) is 1.52. The third kappa shape index (κ3) is 2.90. The second kappa shape index (κ2) is 6.21. The maximum Gasteiger partial charge on any atom is 0.120 e. The first-order valence-corrected chi connectivity index (χ1v) is 7.80. The van der Waals surface area contributed by atoms with Crippen molar-refractivity contribution in [2.75, 3.05) is 19.0 Å². The minimum atomic E-state index is 0.597. The minimum absolute atomic E-state index is 0.597. The predicted molar refractivity (Wildman–Crippen MR) is 88.4 cm³/mol. The molecule has 0 amide bonds. The predicted octanol–water partition coefficient (Wildman–Crippen LogP) is 4.40. The molecule has 2 aromatic rings. The zero-order chi connectivity index (χ0) is 14.7. The van der Waals surface area contributed by atoms with Crippen LogP contribution in [0.25, 0.3) is 0 Å². The van der Waals surface area contributed by atoms with Gasteiger partial charge in [0.2, 0.25) is 0 Å². The molecule has 3 rings (SSSR count). The van der Waals surface area contributed by atoms with Gasteiger partial charge >= 0.3 is 0 Å². The van der Waals surface area contributed by atoms with Crippen LogP contribution in [0, 0.1) is 0 Å². The Balaban J connectivity index is 1.90. The summed E-state index contributed by atoms with van der Waals surface area (Å²) in [7, 11) is 1.72. The molecule has 2 aromatic carbocycles. The highest BCUT2D eigenvalue weighted by atomic mass is 16.5. The van der Waals surface area contributed by atoms with Crippen LogP contribution in [0.3, 0.4) is 0 Å². The van der Waals surface area contributed by atoms with Gasteiger partial charge in [-0.25, -0.2) is 0 Å². The van der Waals surface area contributed by atoms with Gasteiger partial charge in [-0.3, -0.25) is 0 Å². The highest BCUT2D eigenvalue weighted by Crippen LogP contribution is 2.37. The van der Waals surface area contributed by atoms with Crippen molar-refractivity contribution in [1.82, 2.24) is 0 Å². The molecule has 110 valence electrons. The number of aryl methyl sites for hydroxylation is 1. The summed E-state index contributed by atoms with van der Waals surface area (Å²) in [6.45, 7) is 3.07. The van der Waals surface area contributed by atoms with Crippen molar-refractivity contribution < 1.29 is 4.74 Å². The van der Waals surface area contributed by atoms with Crippen molar-refractivity contribution in [2.45, 2.75) is 32.1 Å². The number of ether oxygens (including phenoxy) is 1. The molecule has 0 saturated carbocycles. The summed E-state index contributed by atoms with van der Waals surface area (Å²) in [6.07, 6.45) is 3.54. The van der Waals surface area contributed by atoms with Crippen LogP contribution in [0.1, 0.15) is 36.0 Å². The minimum Gasteiger partial charge on any atom is -0.497 e. The summed E-state index contributed by atoms with van der Waals surface area (Å²) >= 11 is 0. The number of nitrogens with one attached hydrogen (secondary N) is 1. The topological polar surface area (TPSA) is 21.3 Å². The largest absolute Gasteiger partial charge is 0.497 e. The monoisotopic (exact) mass is 281 g/mol. The van der Waals surface area contributed by atoms with E-state index in [0.29, 0.717) is 5.92 Å². The van der Waals surface area contributed by atoms with Gasteiger partial charge < -0.3 is 10.1 Å². The summed E-state index contributed by atoms with van der Waals surface area (Å²) in [5, 5.41) is 3.49. The third-order valence-electron chi connectivity index (χ3n) is 4.41. The number of rotatable bonds is 4. The highest BCUT2D eigenvalue weighted by molar-refractivity contribution is 5.57. The Bertz CT molecular complexity index is 621. The molecule has 0 saturated heterocycles. The van der Waals surface area contributed by atoms with Crippen LogP contribution in [0.4, 0.5) is 5.69 Å². The summed E-state index contributed by atoms with van der Waals surface area (Å²) < 4.78 is 5.36. The fraction of sp³-hybridized carbons (Fsp3) is 0.368. The molecule has 0 aliphatic heterocycles. The van der Waals surface area contributed by atoms with Crippen LogP contribution in [-0.2, 0) is 12.8 Å². The van der Waals surface area contributed by atoms with Crippen LogP contribution >= 0.6 is 0 Å². The van der Waals surface area contributed by atoms with E-state index >= 15 is 0 Å². The lowest BCUT2D eigenvalue weighted by molar-refractivity contribution is 0.414. The van der Waals surface area contributed by atoms with E-state index in [2.05, 4.69) is 54.7 Å². The SMILES string of the molecule is CCNc1cc(OC)ccc1C1CCc2ccccc2C1. The maximum atomic E-state index is 5.36. The molecule has 1 unspecified atom stereocenters. The average Bonchev–Trinajstić information content (AvgIpc) is 2.54. The molecule has 1 aliphatic carbocycles. The second-order valence-corrected chi connectivity index (χ2v) is 5.69. The van der Waals surface area contributed by atoms with Crippen molar-refractivity contribution in [1.29, 1.82) is 0 Å². The molecule has 0 radical (unpaired) electrons. The molecule has 0 bridgehead atoms.